The van der Waals surface area contributed by atoms with Crippen molar-refractivity contribution in [2.45, 2.75) is 50.9 Å². The van der Waals surface area contributed by atoms with Crippen molar-refractivity contribution in [3.63, 3.8) is 0 Å². The largest absolute Gasteiger partial charge is 0.480 e. The van der Waals surface area contributed by atoms with E-state index in [-0.39, 0.29) is 6.42 Å². The van der Waals surface area contributed by atoms with Gasteiger partial charge in [0, 0.05) is 6.42 Å². The Hall–Kier alpha value is -3.72. The van der Waals surface area contributed by atoms with Gasteiger partial charge in [0.25, 0.3) is 0 Å². The van der Waals surface area contributed by atoms with Gasteiger partial charge in [0.1, 0.15) is 18.1 Å². The van der Waals surface area contributed by atoms with Gasteiger partial charge in [-0.25, -0.2) is 4.79 Å². The van der Waals surface area contributed by atoms with Gasteiger partial charge in [-0.05, 0) is 31.4 Å². The van der Waals surface area contributed by atoms with Crippen LogP contribution in [0, 0.1) is 0 Å². The highest BCUT2D eigenvalue weighted by Crippen LogP contribution is 2.05. The molecule has 176 valence electrons. The lowest BCUT2D eigenvalue weighted by atomic mass is 10.1. The Kier molecular flexibility index (Phi) is 9.56. The number of carboxylic acid groups (broad SMARTS) is 1. The molecule has 0 aromatic heterocycles. The van der Waals surface area contributed by atoms with Crippen LogP contribution in [0.1, 0.15) is 25.0 Å². The molecule has 0 bridgehead atoms. The molecule has 0 fully saturated rings. The third-order valence-electron chi connectivity index (χ3n) is 5.04. The maximum absolute atomic E-state index is 12.4. The van der Waals surface area contributed by atoms with Crippen LogP contribution in [0.25, 0.3) is 0 Å². The number of hydrogen-bond donors (Lipinski definition) is 5. The van der Waals surface area contributed by atoms with Gasteiger partial charge in [-0.15, -0.1) is 0 Å². The molecule has 0 aliphatic carbocycles. The number of carboxylic acids is 1. The monoisotopic (exact) mass is 454 g/mol. The summed E-state index contributed by atoms with van der Waals surface area (Å²) in [5, 5.41) is 16.9. The summed E-state index contributed by atoms with van der Waals surface area (Å²) in [6.07, 6.45) is 0.423. The lowest BCUT2D eigenvalue weighted by Crippen LogP contribution is -2.55. The third kappa shape index (κ3) is 8.38. The first kappa shape index (κ1) is 25.5. The standard InChI is InChI=1S/C24H30N4O5/c1-15(27-23(31)19(25)13-17-9-5-3-6-10-17)21(29)26-16(2)22(30)28-20(24(32)33)14-18-11-7-4-8-12-18/h3-12,15-16,19-20H,13-14,25H2,1-2H3,(H,26,29)(H,27,31)(H,28,30)(H,32,33)/t15-,16-,19-,20-/m0/s1. The minimum atomic E-state index is -1.18. The molecule has 0 unspecified atom stereocenters. The van der Waals surface area contributed by atoms with Crippen LogP contribution in [0.4, 0.5) is 0 Å². The minimum absolute atomic E-state index is 0.105. The van der Waals surface area contributed by atoms with Crippen molar-refractivity contribution in [3.05, 3.63) is 71.8 Å². The molecule has 9 heteroatoms. The van der Waals surface area contributed by atoms with Crippen molar-refractivity contribution in [3.8, 4) is 0 Å². The van der Waals surface area contributed by atoms with Gasteiger partial charge in [-0.1, -0.05) is 60.7 Å². The molecule has 2 aromatic carbocycles. The number of aliphatic carboxylic acids is 1. The Labute approximate surface area is 192 Å². The molecule has 4 atom stereocenters. The van der Waals surface area contributed by atoms with Crippen LogP contribution < -0.4 is 21.7 Å². The lowest BCUT2D eigenvalue weighted by Gasteiger charge is -2.21. The van der Waals surface area contributed by atoms with Crippen LogP contribution in [-0.4, -0.2) is 53.0 Å². The second kappa shape index (κ2) is 12.4. The van der Waals surface area contributed by atoms with Crippen LogP contribution in [0.15, 0.2) is 60.7 Å². The van der Waals surface area contributed by atoms with Crippen molar-refractivity contribution < 1.29 is 24.3 Å². The zero-order valence-corrected chi connectivity index (χ0v) is 18.7. The van der Waals surface area contributed by atoms with Gasteiger partial charge in [0.05, 0.1) is 6.04 Å². The molecule has 9 nitrogen and oxygen atoms in total. The zero-order valence-electron chi connectivity index (χ0n) is 18.7. The number of carbonyl (C=O) groups excluding carboxylic acids is 3. The van der Waals surface area contributed by atoms with Crippen molar-refractivity contribution in [1.29, 1.82) is 0 Å². The Bertz CT molecular complexity index is 952. The first-order chi connectivity index (χ1) is 15.7. The molecule has 2 rings (SSSR count). The molecule has 2 aromatic rings. The van der Waals surface area contributed by atoms with E-state index in [0.717, 1.165) is 11.1 Å². The van der Waals surface area contributed by atoms with E-state index in [1.807, 2.05) is 36.4 Å². The molecule has 0 aliphatic heterocycles. The number of carbonyl (C=O) groups is 4. The Morgan fingerprint density at radius 2 is 1.15 bits per heavy atom. The smallest absolute Gasteiger partial charge is 0.326 e. The third-order valence-corrected chi connectivity index (χ3v) is 5.04. The average molecular weight is 455 g/mol. The van der Waals surface area contributed by atoms with E-state index in [4.69, 9.17) is 5.73 Å². The topological polar surface area (TPSA) is 151 Å². The SMILES string of the molecule is C[C@H](NC(=O)[C@H](C)NC(=O)[C@@H](N)Cc1ccccc1)C(=O)N[C@@H](Cc1ccccc1)C(=O)O. The summed E-state index contributed by atoms with van der Waals surface area (Å²) >= 11 is 0. The number of hydrogen-bond acceptors (Lipinski definition) is 5. The number of nitrogens with two attached hydrogens (primary N) is 1. The van der Waals surface area contributed by atoms with E-state index in [2.05, 4.69) is 16.0 Å². The number of nitrogens with one attached hydrogen (secondary N) is 3. The van der Waals surface area contributed by atoms with E-state index < -0.39 is 47.9 Å². The van der Waals surface area contributed by atoms with Gasteiger partial charge < -0.3 is 26.8 Å². The summed E-state index contributed by atoms with van der Waals surface area (Å²) in [7, 11) is 0. The van der Waals surface area contributed by atoms with Gasteiger partial charge in [-0.3, -0.25) is 14.4 Å². The first-order valence-electron chi connectivity index (χ1n) is 10.6. The Balaban J connectivity index is 1.85. The molecular weight excluding hydrogens is 424 g/mol. The van der Waals surface area contributed by atoms with E-state index in [1.54, 1.807) is 24.3 Å². The minimum Gasteiger partial charge on any atom is -0.480 e. The van der Waals surface area contributed by atoms with Gasteiger partial charge in [-0.2, -0.15) is 0 Å². The first-order valence-corrected chi connectivity index (χ1v) is 10.6. The normalized spacial score (nSPS) is 14.3. The molecule has 6 N–H and O–H groups in total. The average Bonchev–Trinajstić information content (AvgIpc) is 2.79. The maximum Gasteiger partial charge on any atom is 0.326 e. The molecule has 0 aliphatic rings. The molecule has 0 radical (unpaired) electrons. The Morgan fingerprint density at radius 1 is 0.727 bits per heavy atom. The summed E-state index contributed by atoms with van der Waals surface area (Å²) in [6.45, 7) is 2.91. The van der Waals surface area contributed by atoms with Crippen LogP contribution in [0.5, 0.6) is 0 Å². The highest BCUT2D eigenvalue weighted by molar-refractivity contribution is 5.93. The fourth-order valence-electron chi connectivity index (χ4n) is 3.10. The second-order valence-corrected chi connectivity index (χ2v) is 7.85. The summed E-state index contributed by atoms with van der Waals surface area (Å²) in [4.78, 5) is 48.7. The number of benzene rings is 2. The highest BCUT2D eigenvalue weighted by Gasteiger charge is 2.26. The van der Waals surface area contributed by atoms with Crippen molar-refractivity contribution in [2.75, 3.05) is 0 Å². The molecular formula is C24H30N4O5. The quantitative estimate of drug-likeness (QED) is 0.331. The molecule has 0 heterocycles. The number of rotatable bonds is 11. The molecule has 0 saturated carbocycles. The van der Waals surface area contributed by atoms with Gasteiger partial charge >= 0.3 is 5.97 Å². The predicted molar refractivity (Wildman–Crippen MR) is 123 cm³/mol. The summed E-state index contributed by atoms with van der Waals surface area (Å²) in [5.74, 6) is -2.91. The van der Waals surface area contributed by atoms with Crippen LogP contribution in [0.2, 0.25) is 0 Å². The van der Waals surface area contributed by atoms with E-state index in [0.29, 0.717) is 6.42 Å². The van der Waals surface area contributed by atoms with Gasteiger partial charge in [0.2, 0.25) is 17.7 Å². The highest BCUT2D eigenvalue weighted by atomic mass is 16.4. The second-order valence-electron chi connectivity index (χ2n) is 7.85. The van der Waals surface area contributed by atoms with Crippen molar-refractivity contribution >= 4 is 23.7 Å². The van der Waals surface area contributed by atoms with Crippen LogP contribution in [0.3, 0.4) is 0 Å². The number of amides is 3. The van der Waals surface area contributed by atoms with Crippen LogP contribution >= 0.6 is 0 Å². The van der Waals surface area contributed by atoms with E-state index in [9.17, 15) is 24.3 Å². The lowest BCUT2D eigenvalue weighted by molar-refractivity contribution is -0.142. The molecule has 0 spiro atoms. The summed E-state index contributed by atoms with van der Waals surface area (Å²) < 4.78 is 0. The van der Waals surface area contributed by atoms with Gasteiger partial charge in [0.15, 0.2) is 0 Å². The van der Waals surface area contributed by atoms with E-state index in [1.165, 1.54) is 13.8 Å². The molecule has 3 amide bonds. The van der Waals surface area contributed by atoms with Crippen molar-refractivity contribution in [1.82, 2.24) is 16.0 Å². The predicted octanol–water partition coefficient (Wildman–Crippen LogP) is 0.378. The fraction of sp³-hybridized carbons (Fsp3) is 0.333. The molecule has 33 heavy (non-hydrogen) atoms. The Morgan fingerprint density at radius 3 is 1.64 bits per heavy atom. The van der Waals surface area contributed by atoms with E-state index >= 15 is 0 Å². The van der Waals surface area contributed by atoms with Crippen molar-refractivity contribution in [2.24, 2.45) is 5.73 Å². The summed E-state index contributed by atoms with van der Waals surface area (Å²) in [5.41, 5.74) is 7.58. The summed E-state index contributed by atoms with van der Waals surface area (Å²) in [6, 6.07) is 14.2. The fourth-order valence-corrected chi connectivity index (χ4v) is 3.10. The van der Waals surface area contributed by atoms with Crippen LogP contribution in [-0.2, 0) is 32.0 Å². The zero-order chi connectivity index (χ0) is 24.4. The maximum atomic E-state index is 12.4. The molecule has 0 saturated heterocycles.